The molecule has 0 spiro atoms. The molecule has 2 atom stereocenters. The van der Waals surface area contributed by atoms with Crippen molar-refractivity contribution < 1.29 is 0 Å². The molecule has 2 rings (SSSR count). The largest absolute Gasteiger partial charge is 0.367 e. The third-order valence-electron chi connectivity index (χ3n) is 3.59. The zero-order chi connectivity index (χ0) is 13.1. The van der Waals surface area contributed by atoms with Gasteiger partial charge in [-0.3, -0.25) is 0 Å². The van der Waals surface area contributed by atoms with Gasteiger partial charge in [-0.1, -0.05) is 22.9 Å². The number of piperidine rings is 1. The van der Waals surface area contributed by atoms with Crippen LogP contribution in [0.2, 0.25) is 0 Å². The first-order chi connectivity index (χ1) is 8.63. The molecule has 0 bridgehead atoms. The molecular weight excluding hydrogens is 290 g/mol. The van der Waals surface area contributed by atoms with Crippen molar-refractivity contribution in [3.63, 3.8) is 0 Å². The van der Waals surface area contributed by atoms with Crippen molar-refractivity contribution in [3.05, 3.63) is 28.2 Å². The van der Waals surface area contributed by atoms with Crippen LogP contribution in [0.4, 0.5) is 5.69 Å². The first-order valence-corrected chi connectivity index (χ1v) is 7.10. The molecule has 2 unspecified atom stereocenters. The summed E-state index contributed by atoms with van der Waals surface area (Å²) >= 11 is 3.47. The fraction of sp³-hybridized carbons (Fsp3) is 0.500. The van der Waals surface area contributed by atoms with E-state index in [-0.39, 0.29) is 0 Å². The van der Waals surface area contributed by atoms with Crippen molar-refractivity contribution in [1.82, 2.24) is 0 Å². The summed E-state index contributed by atoms with van der Waals surface area (Å²) in [6.45, 7) is 3.96. The maximum absolute atomic E-state index is 9.04. The summed E-state index contributed by atoms with van der Waals surface area (Å²) in [6.07, 6.45) is 2.32. The number of rotatable bonds is 2. The number of hydrogen-bond acceptors (Lipinski definition) is 3. The second-order valence-corrected chi connectivity index (χ2v) is 5.94. The van der Waals surface area contributed by atoms with Crippen LogP contribution >= 0.6 is 15.9 Å². The number of halogens is 1. The van der Waals surface area contributed by atoms with Crippen molar-refractivity contribution in [3.8, 4) is 6.07 Å². The van der Waals surface area contributed by atoms with Crippen LogP contribution in [0.3, 0.4) is 0 Å². The van der Waals surface area contributed by atoms with E-state index in [9.17, 15) is 0 Å². The summed E-state index contributed by atoms with van der Waals surface area (Å²) in [4.78, 5) is 2.34. The molecule has 4 heteroatoms. The van der Waals surface area contributed by atoms with Crippen molar-refractivity contribution in [1.29, 1.82) is 5.26 Å². The van der Waals surface area contributed by atoms with Gasteiger partial charge in [-0.05, 0) is 37.0 Å². The second kappa shape index (κ2) is 5.73. The maximum Gasteiger partial charge on any atom is 0.0992 e. The van der Waals surface area contributed by atoms with E-state index >= 15 is 0 Å². The van der Waals surface area contributed by atoms with Crippen molar-refractivity contribution >= 4 is 21.6 Å². The van der Waals surface area contributed by atoms with Gasteiger partial charge in [0.2, 0.25) is 0 Å². The van der Waals surface area contributed by atoms with E-state index in [4.69, 9.17) is 11.0 Å². The molecule has 1 aliphatic heterocycles. The predicted molar refractivity (Wildman–Crippen MR) is 77.4 cm³/mol. The van der Waals surface area contributed by atoms with Crippen LogP contribution in [0.1, 0.15) is 25.3 Å². The monoisotopic (exact) mass is 307 g/mol. The molecule has 1 aromatic rings. The summed E-state index contributed by atoms with van der Waals surface area (Å²) in [6, 6.07) is 8.44. The Kier molecular flexibility index (Phi) is 4.26. The van der Waals surface area contributed by atoms with Gasteiger partial charge in [0.05, 0.1) is 11.6 Å². The predicted octanol–water partition coefficient (Wildman–Crippen LogP) is 2.88. The molecule has 18 heavy (non-hydrogen) atoms. The number of nitrogens with two attached hydrogens (primary N) is 1. The molecule has 1 saturated heterocycles. The SMILES string of the molecule is CC1CCN(c2cc(Br)cc(C#N)c2)C(CN)C1. The van der Waals surface area contributed by atoms with E-state index in [1.807, 2.05) is 12.1 Å². The average molecular weight is 308 g/mol. The molecule has 3 nitrogen and oxygen atoms in total. The average Bonchev–Trinajstić information content (AvgIpc) is 2.37. The van der Waals surface area contributed by atoms with E-state index < -0.39 is 0 Å². The third-order valence-corrected chi connectivity index (χ3v) is 4.05. The van der Waals surface area contributed by atoms with Crippen molar-refractivity contribution in [2.45, 2.75) is 25.8 Å². The summed E-state index contributed by atoms with van der Waals surface area (Å²) in [7, 11) is 0. The maximum atomic E-state index is 9.04. The molecule has 1 fully saturated rings. The van der Waals surface area contributed by atoms with Crippen LogP contribution in [-0.2, 0) is 0 Å². The smallest absolute Gasteiger partial charge is 0.0992 e. The zero-order valence-corrected chi connectivity index (χ0v) is 12.2. The van der Waals surface area contributed by atoms with Crippen molar-refractivity contribution in [2.24, 2.45) is 11.7 Å². The highest BCUT2D eigenvalue weighted by Gasteiger charge is 2.25. The number of nitriles is 1. The topological polar surface area (TPSA) is 53.0 Å². The molecule has 0 radical (unpaired) electrons. The van der Waals surface area contributed by atoms with Crippen LogP contribution in [0.25, 0.3) is 0 Å². The number of benzene rings is 1. The minimum absolute atomic E-state index is 0.384. The minimum Gasteiger partial charge on any atom is -0.367 e. The summed E-state index contributed by atoms with van der Waals surface area (Å²) in [5, 5.41) is 9.04. The lowest BCUT2D eigenvalue weighted by atomic mass is 9.92. The van der Waals surface area contributed by atoms with Gasteiger partial charge in [0, 0.05) is 29.3 Å². The lowest BCUT2D eigenvalue weighted by Gasteiger charge is -2.39. The van der Waals surface area contributed by atoms with Gasteiger partial charge < -0.3 is 10.6 Å². The van der Waals surface area contributed by atoms with Gasteiger partial charge in [-0.25, -0.2) is 0 Å². The number of nitrogens with zero attached hydrogens (tertiary/aromatic N) is 2. The van der Waals surface area contributed by atoms with Gasteiger partial charge in [0.25, 0.3) is 0 Å². The van der Waals surface area contributed by atoms with Crippen LogP contribution in [0, 0.1) is 17.2 Å². The lowest BCUT2D eigenvalue weighted by Crippen LogP contribution is -2.46. The highest BCUT2D eigenvalue weighted by Crippen LogP contribution is 2.30. The summed E-state index contributed by atoms with van der Waals surface area (Å²) < 4.78 is 0.950. The van der Waals surface area contributed by atoms with Gasteiger partial charge in [0.15, 0.2) is 0 Å². The molecule has 0 aliphatic carbocycles. The first-order valence-electron chi connectivity index (χ1n) is 6.31. The Hall–Kier alpha value is -1.05. The Labute approximate surface area is 117 Å². The fourth-order valence-electron chi connectivity index (χ4n) is 2.62. The van der Waals surface area contributed by atoms with E-state index in [1.165, 1.54) is 6.42 Å². The van der Waals surface area contributed by atoms with Crippen LogP contribution in [-0.4, -0.2) is 19.1 Å². The zero-order valence-electron chi connectivity index (χ0n) is 10.6. The summed E-state index contributed by atoms with van der Waals surface area (Å²) in [5.74, 6) is 0.734. The van der Waals surface area contributed by atoms with Gasteiger partial charge >= 0.3 is 0 Å². The molecule has 1 aliphatic rings. The molecule has 0 saturated carbocycles. The fourth-order valence-corrected chi connectivity index (χ4v) is 3.10. The van der Waals surface area contributed by atoms with Gasteiger partial charge in [-0.15, -0.1) is 0 Å². The van der Waals surface area contributed by atoms with E-state index in [2.05, 4.69) is 39.9 Å². The Bertz CT molecular complexity index is 467. The molecule has 0 aromatic heterocycles. The van der Waals surface area contributed by atoms with E-state index in [0.29, 0.717) is 18.2 Å². The Balaban J connectivity index is 2.30. The molecule has 0 amide bonds. The molecule has 1 heterocycles. The molecule has 96 valence electrons. The van der Waals surface area contributed by atoms with Crippen LogP contribution < -0.4 is 10.6 Å². The van der Waals surface area contributed by atoms with Gasteiger partial charge in [0.1, 0.15) is 0 Å². The minimum atomic E-state index is 0.384. The van der Waals surface area contributed by atoms with E-state index in [0.717, 1.165) is 29.0 Å². The van der Waals surface area contributed by atoms with Crippen LogP contribution in [0.5, 0.6) is 0 Å². The highest BCUT2D eigenvalue weighted by atomic mass is 79.9. The van der Waals surface area contributed by atoms with Crippen LogP contribution in [0.15, 0.2) is 22.7 Å². The Morgan fingerprint density at radius 2 is 2.28 bits per heavy atom. The standard InChI is InChI=1S/C14H18BrN3/c1-10-2-3-18(14(4-10)9-17)13-6-11(8-16)5-12(15)7-13/h5-7,10,14H,2-4,9,17H2,1H3. The number of anilines is 1. The second-order valence-electron chi connectivity index (χ2n) is 5.02. The Morgan fingerprint density at radius 1 is 1.50 bits per heavy atom. The van der Waals surface area contributed by atoms with Gasteiger partial charge in [-0.2, -0.15) is 5.26 Å². The molecular formula is C14H18BrN3. The Morgan fingerprint density at radius 3 is 2.94 bits per heavy atom. The summed E-state index contributed by atoms with van der Waals surface area (Å²) in [5.41, 5.74) is 7.67. The van der Waals surface area contributed by atoms with E-state index in [1.54, 1.807) is 0 Å². The molecule has 1 aromatic carbocycles. The third kappa shape index (κ3) is 2.85. The number of hydrogen-bond donors (Lipinski definition) is 1. The van der Waals surface area contributed by atoms with Crippen molar-refractivity contribution in [2.75, 3.05) is 18.0 Å². The first kappa shape index (κ1) is 13.4. The quantitative estimate of drug-likeness (QED) is 0.914. The highest BCUT2D eigenvalue weighted by molar-refractivity contribution is 9.10. The lowest BCUT2D eigenvalue weighted by molar-refractivity contribution is 0.367. The molecule has 2 N–H and O–H groups in total. The normalized spacial score (nSPS) is 23.8.